The molecule has 0 spiro atoms. The molecular weight excluding hydrogens is 240 g/mol. The van der Waals surface area contributed by atoms with Gasteiger partial charge in [-0.2, -0.15) is 0 Å². The van der Waals surface area contributed by atoms with E-state index in [1.54, 1.807) is 0 Å². The maximum Gasteiger partial charge on any atom is 0.169 e. The summed E-state index contributed by atoms with van der Waals surface area (Å²) in [6.45, 7) is 4.84. The van der Waals surface area contributed by atoms with Gasteiger partial charge in [0.15, 0.2) is 5.82 Å². The zero-order chi connectivity index (χ0) is 13.1. The maximum absolute atomic E-state index is 5.00. The van der Waals surface area contributed by atoms with Crippen molar-refractivity contribution in [2.75, 3.05) is 23.3 Å². The van der Waals surface area contributed by atoms with Crippen LogP contribution in [0.5, 0.6) is 0 Å². The minimum atomic E-state index is 0.708. The SMILES string of the molecule is Cc1cc(NCc2ccc(N3CCCC3)nc2)no1. The molecule has 1 aliphatic rings. The molecule has 0 bridgehead atoms. The van der Waals surface area contributed by atoms with Gasteiger partial charge in [0, 0.05) is 31.9 Å². The van der Waals surface area contributed by atoms with E-state index in [2.05, 4.69) is 32.5 Å². The minimum absolute atomic E-state index is 0.708. The van der Waals surface area contributed by atoms with Crippen LogP contribution in [0.15, 0.2) is 28.9 Å². The summed E-state index contributed by atoms with van der Waals surface area (Å²) in [6.07, 6.45) is 4.47. The van der Waals surface area contributed by atoms with Crippen LogP contribution in [0.25, 0.3) is 0 Å². The first-order chi connectivity index (χ1) is 9.31. The molecule has 3 rings (SSSR count). The Morgan fingerprint density at radius 3 is 2.79 bits per heavy atom. The number of nitrogens with zero attached hydrogens (tertiary/aromatic N) is 3. The zero-order valence-electron chi connectivity index (χ0n) is 11.1. The highest BCUT2D eigenvalue weighted by molar-refractivity contribution is 5.41. The summed E-state index contributed by atoms with van der Waals surface area (Å²) in [5.41, 5.74) is 1.14. The molecule has 5 heteroatoms. The Hall–Kier alpha value is -2.04. The highest BCUT2D eigenvalue weighted by Crippen LogP contribution is 2.18. The lowest BCUT2D eigenvalue weighted by atomic mass is 10.2. The van der Waals surface area contributed by atoms with E-state index in [1.165, 1.54) is 12.8 Å². The van der Waals surface area contributed by atoms with E-state index in [-0.39, 0.29) is 0 Å². The molecule has 5 nitrogen and oxygen atoms in total. The van der Waals surface area contributed by atoms with Crippen LogP contribution in [0.1, 0.15) is 24.2 Å². The monoisotopic (exact) mass is 258 g/mol. The summed E-state index contributed by atoms with van der Waals surface area (Å²) in [5, 5.41) is 7.11. The molecule has 2 aromatic heterocycles. The van der Waals surface area contributed by atoms with Crippen LogP contribution >= 0.6 is 0 Å². The van der Waals surface area contributed by atoms with E-state index >= 15 is 0 Å². The predicted octanol–water partition coefficient (Wildman–Crippen LogP) is 2.59. The second-order valence-electron chi connectivity index (χ2n) is 4.90. The second kappa shape index (κ2) is 5.30. The number of rotatable bonds is 4. The molecule has 1 aliphatic heterocycles. The number of aryl methyl sites for hydroxylation is 1. The molecule has 0 saturated carbocycles. The van der Waals surface area contributed by atoms with Crippen molar-refractivity contribution in [1.29, 1.82) is 0 Å². The van der Waals surface area contributed by atoms with E-state index in [0.717, 1.165) is 36.0 Å². The molecule has 0 atom stereocenters. The van der Waals surface area contributed by atoms with Crippen molar-refractivity contribution in [3.05, 3.63) is 35.7 Å². The summed E-state index contributed by atoms with van der Waals surface area (Å²) in [4.78, 5) is 6.85. The lowest BCUT2D eigenvalue weighted by Gasteiger charge is -2.16. The van der Waals surface area contributed by atoms with Gasteiger partial charge in [0.2, 0.25) is 0 Å². The molecule has 0 unspecified atom stereocenters. The number of hydrogen-bond donors (Lipinski definition) is 1. The Morgan fingerprint density at radius 1 is 1.32 bits per heavy atom. The van der Waals surface area contributed by atoms with Gasteiger partial charge in [-0.3, -0.25) is 0 Å². The Kier molecular flexibility index (Phi) is 3.35. The minimum Gasteiger partial charge on any atom is -0.363 e. The first-order valence-corrected chi connectivity index (χ1v) is 6.68. The fourth-order valence-electron chi connectivity index (χ4n) is 2.30. The Labute approximate surface area is 112 Å². The van der Waals surface area contributed by atoms with Crippen LogP contribution in [0.4, 0.5) is 11.6 Å². The normalized spacial score (nSPS) is 14.9. The van der Waals surface area contributed by atoms with E-state index in [1.807, 2.05) is 19.2 Å². The average Bonchev–Trinajstić information content (AvgIpc) is 3.08. The molecule has 0 amide bonds. The van der Waals surface area contributed by atoms with Crippen molar-refractivity contribution >= 4 is 11.6 Å². The van der Waals surface area contributed by atoms with E-state index < -0.39 is 0 Å². The molecule has 100 valence electrons. The molecule has 0 radical (unpaired) electrons. The van der Waals surface area contributed by atoms with Crippen molar-refractivity contribution in [2.45, 2.75) is 26.3 Å². The van der Waals surface area contributed by atoms with Crippen LogP contribution in [-0.4, -0.2) is 23.2 Å². The largest absolute Gasteiger partial charge is 0.363 e. The van der Waals surface area contributed by atoms with Gasteiger partial charge in [0.05, 0.1) is 0 Å². The molecule has 2 aromatic rings. The maximum atomic E-state index is 5.00. The van der Waals surface area contributed by atoms with Gasteiger partial charge >= 0.3 is 0 Å². The third-order valence-corrected chi connectivity index (χ3v) is 3.34. The Bertz CT molecular complexity index is 529. The first kappa shape index (κ1) is 12.0. The standard InChI is InChI=1S/C14H18N4O/c1-11-8-13(17-19-11)15-9-12-4-5-14(16-10-12)18-6-2-3-7-18/h4-5,8,10H,2-3,6-7,9H2,1H3,(H,15,17). The Morgan fingerprint density at radius 2 is 2.16 bits per heavy atom. The van der Waals surface area contributed by atoms with Gasteiger partial charge in [-0.1, -0.05) is 11.2 Å². The van der Waals surface area contributed by atoms with Crippen molar-refractivity contribution < 1.29 is 4.52 Å². The Balaban J connectivity index is 1.59. The highest BCUT2D eigenvalue weighted by Gasteiger charge is 2.12. The molecule has 3 heterocycles. The number of anilines is 2. The summed E-state index contributed by atoms with van der Waals surface area (Å²) in [7, 11) is 0. The topological polar surface area (TPSA) is 54.2 Å². The van der Waals surface area contributed by atoms with Crippen LogP contribution < -0.4 is 10.2 Å². The fraction of sp³-hybridized carbons (Fsp3) is 0.429. The van der Waals surface area contributed by atoms with Crippen molar-refractivity contribution in [2.24, 2.45) is 0 Å². The van der Waals surface area contributed by atoms with Crippen LogP contribution in [-0.2, 0) is 6.54 Å². The van der Waals surface area contributed by atoms with Gasteiger partial charge < -0.3 is 14.7 Å². The lowest BCUT2D eigenvalue weighted by molar-refractivity contribution is 0.399. The van der Waals surface area contributed by atoms with Crippen LogP contribution in [0, 0.1) is 6.92 Å². The van der Waals surface area contributed by atoms with Gasteiger partial charge in [0.1, 0.15) is 11.6 Å². The van der Waals surface area contributed by atoms with E-state index in [0.29, 0.717) is 6.54 Å². The molecule has 19 heavy (non-hydrogen) atoms. The summed E-state index contributed by atoms with van der Waals surface area (Å²) < 4.78 is 5.00. The smallest absolute Gasteiger partial charge is 0.169 e. The zero-order valence-corrected chi connectivity index (χ0v) is 11.1. The molecule has 0 aliphatic carbocycles. The van der Waals surface area contributed by atoms with Gasteiger partial charge in [-0.05, 0) is 31.4 Å². The molecule has 1 N–H and O–H groups in total. The van der Waals surface area contributed by atoms with Gasteiger partial charge in [-0.25, -0.2) is 4.98 Å². The van der Waals surface area contributed by atoms with Crippen molar-refractivity contribution in [3.63, 3.8) is 0 Å². The quantitative estimate of drug-likeness (QED) is 0.913. The summed E-state index contributed by atoms with van der Waals surface area (Å²) in [5.74, 6) is 2.66. The lowest BCUT2D eigenvalue weighted by Crippen LogP contribution is -2.18. The number of nitrogens with one attached hydrogen (secondary N) is 1. The van der Waals surface area contributed by atoms with Crippen molar-refractivity contribution in [3.8, 4) is 0 Å². The summed E-state index contributed by atoms with van der Waals surface area (Å²) in [6, 6.07) is 6.09. The number of pyridine rings is 1. The van der Waals surface area contributed by atoms with E-state index in [4.69, 9.17) is 4.52 Å². The van der Waals surface area contributed by atoms with Gasteiger partial charge in [0.25, 0.3) is 0 Å². The van der Waals surface area contributed by atoms with Crippen LogP contribution in [0.3, 0.4) is 0 Å². The second-order valence-corrected chi connectivity index (χ2v) is 4.90. The van der Waals surface area contributed by atoms with Crippen LogP contribution in [0.2, 0.25) is 0 Å². The molecule has 1 saturated heterocycles. The highest BCUT2D eigenvalue weighted by atomic mass is 16.5. The molecule has 0 aromatic carbocycles. The van der Waals surface area contributed by atoms with E-state index in [9.17, 15) is 0 Å². The summed E-state index contributed by atoms with van der Waals surface area (Å²) >= 11 is 0. The predicted molar refractivity (Wildman–Crippen MR) is 74.3 cm³/mol. The van der Waals surface area contributed by atoms with Crippen molar-refractivity contribution in [1.82, 2.24) is 10.1 Å². The first-order valence-electron chi connectivity index (χ1n) is 6.68. The third kappa shape index (κ3) is 2.86. The average molecular weight is 258 g/mol. The fourth-order valence-corrected chi connectivity index (χ4v) is 2.30. The number of hydrogen-bond acceptors (Lipinski definition) is 5. The molecule has 1 fully saturated rings. The molecular formula is C14H18N4O. The number of aromatic nitrogens is 2. The third-order valence-electron chi connectivity index (χ3n) is 3.34. The van der Waals surface area contributed by atoms with Gasteiger partial charge in [-0.15, -0.1) is 0 Å².